The van der Waals surface area contributed by atoms with E-state index < -0.39 is 0 Å². The molecule has 1 aliphatic heterocycles. The summed E-state index contributed by atoms with van der Waals surface area (Å²) in [5.74, 6) is 1.54. The van der Waals surface area contributed by atoms with Crippen molar-refractivity contribution in [2.45, 2.75) is 19.3 Å². The molecular weight excluding hydrogens is 666 g/mol. The van der Waals surface area contributed by atoms with Gasteiger partial charge in [-0.3, -0.25) is 14.4 Å². The van der Waals surface area contributed by atoms with Crippen LogP contribution in [0.4, 0.5) is 17.1 Å². The summed E-state index contributed by atoms with van der Waals surface area (Å²) in [6.45, 7) is 2.48. The van der Waals surface area contributed by atoms with E-state index in [0.29, 0.717) is 47.3 Å². The number of H-pyrrole nitrogens is 2. The second-order valence-electron chi connectivity index (χ2n) is 11.6. The van der Waals surface area contributed by atoms with Crippen LogP contribution in [0.25, 0.3) is 32.6 Å². The topological polar surface area (TPSA) is 130 Å². The van der Waals surface area contributed by atoms with Crippen molar-refractivity contribution in [1.82, 2.24) is 9.97 Å². The monoisotopic (exact) mass is 697 g/mol. The molecule has 0 fully saturated rings. The number of alkyl halides is 1. The number of nitrogens with zero attached hydrogens (tertiary/aromatic N) is 1. The number of aromatic amines is 2. The molecule has 6 aromatic rings. The highest BCUT2D eigenvalue weighted by Gasteiger charge is 2.35. The van der Waals surface area contributed by atoms with Crippen LogP contribution in [0.2, 0.25) is 0 Å². The van der Waals surface area contributed by atoms with Crippen molar-refractivity contribution < 1.29 is 19.5 Å². The minimum absolute atomic E-state index is 0.0466. The molecule has 0 saturated heterocycles. The number of halogens is 1. The van der Waals surface area contributed by atoms with Gasteiger partial charge in [0.2, 0.25) is 5.91 Å². The van der Waals surface area contributed by atoms with Gasteiger partial charge in [0.05, 0.1) is 5.69 Å². The standard InChI is InChI=1S/C36H32ClN5O4S2/c1-2-47-48-12-11-33(44)38-23-7-9-27-20(13-23)15-29(40-27)35(45)39-24-8-10-28-21(14-24)16-30(41-28)36(46)42-19-22(18-37)34-26-6-4-3-5-25(26)32(43)17-31(34)42/h3-10,13-17,22,40-41,43H,2,11-12,18-19H2,1H3,(H,38,44)(H,39,45). The fourth-order valence-electron chi connectivity index (χ4n) is 6.25. The van der Waals surface area contributed by atoms with Crippen molar-refractivity contribution in [2.75, 3.05) is 39.5 Å². The lowest BCUT2D eigenvalue weighted by Crippen LogP contribution is -2.30. The van der Waals surface area contributed by atoms with Crippen LogP contribution >= 0.6 is 33.2 Å². The van der Waals surface area contributed by atoms with Crippen LogP contribution in [0.15, 0.2) is 78.9 Å². The van der Waals surface area contributed by atoms with Gasteiger partial charge < -0.3 is 30.6 Å². The van der Waals surface area contributed by atoms with E-state index in [1.54, 1.807) is 50.8 Å². The number of carbonyl (C=O) groups is 3. The fraction of sp³-hybridized carbons (Fsp3) is 0.194. The summed E-state index contributed by atoms with van der Waals surface area (Å²) in [7, 11) is 3.42. The van der Waals surface area contributed by atoms with E-state index in [1.807, 2.05) is 54.6 Å². The van der Waals surface area contributed by atoms with Gasteiger partial charge in [0.15, 0.2) is 0 Å². The van der Waals surface area contributed by atoms with Crippen LogP contribution in [-0.2, 0) is 4.79 Å². The molecule has 0 bridgehead atoms. The van der Waals surface area contributed by atoms with Crippen LogP contribution in [0, 0.1) is 0 Å². The van der Waals surface area contributed by atoms with Crippen molar-refractivity contribution in [2.24, 2.45) is 0 Å². The van der Waals surface area contributed by atoms with Gasteiger partial charge in [-0.15, -0.1) is 11.6 Å². The maximum atomic E-state index is 13.8. The molecular formula is C36H32ClN5O4S2. The molecule has 5 N–H and O–H groups in total. The third kappa shape index (κ3) is 6.21. The maximum absolute atomic E-state index is 13.8. The molecule has 1 aliphatic rings. The van der Waals surface area contributed by atoms with Gasteiger partial charge in [-0.2, -0.15) is 0 Å². The van der Waals surface area contributed by atoms with Crippen LogP contribution in [-0.4, -0.2) is 56.7 Å². The van der Waals surface area contributed by atoms with E-state index in [9.17, 15) is 19.5 Å². The summed E-state index contributed by atoms with van der Waals surface area (Å²) in [6.07, 6.45) is 0.431. The lowest BCUT2D eigenvalue weighted by Gasteiger charge is -2.17. The number of nitrogens with one attached hydrogen (secondary N) is 4. The molecule has 3 amide bonds. The lowest BCUT2D eigenvalue weighted by atomic mass is 9.95. The molecule has 7 rings (SSSR count). The Kier molecular flexibility index (Phi) is 9.00. The Bertz CT molecular complexity index is 2210. The van der Waals surface area contributed by atoms with Gasteiger partial charge in [-0.1, -0.05) is 52.8 Å². The molecule has 2 aromatic heterocycles. The molecule has 1 atom stereocenters. The van der Waals surface area contributed by atoms with E-state index in [-0.39, 0.29) is 29.4 Å². The molecule has 3 heterocycles. The predicted molar refractivity (Wildman–Crippen MR) is 199 cm³/mol. The smallest absolute Gasteiger partial charge is 0.274 e. The molecule has 1 unspecified atom stereocenters. The predicted octanol–water partition coefficient (Wildman–Crippen LogP) is 8.47. The SMILES string of the molecule is CCSSCCC(=O)Nc1ccc2[nH]c(C(=O)Nc3ccc4[nH]c(C(=O)N5CC(CCl)c6c5cc(O)c5ccccc65)cc4c3)cc2c1. The van der Waals surface area contributed by atoms with Gasteiger partial charge >= 0.3 is 0 Å². The zero-order valence-corrected chi connectivity index (χ0v) is 28.3. The Morgan fingerprint density at radius 1 is 0.875 bits per heavy atom. The molecule has 4 aromatic carbocycles. The van der Waals surface area contributed by atoms with Crippen molar-refractivity contribution in [1.29, 1.82) is 0 Å². The average Bonchev–Trinajstić information content (AvgIpc) is 3.81. The second-order valence-corrected chi connectivity index (χ2v) is 14.8. The van der Waals surface area contributed by atoms with Crippen LogP contribution in [0.3, 0.4) is 0 Å². The average molecular weight is 698 g/mol. The zero-order chi connectivity index (χ0) is 33.4. The van der Waals surface area contributed by atoms with Crippen molar-refractivity contribution in [3.8, 4) is 5.75 Å². The Hall–Kier alpha value is -4.58. The number of hydrogen-bond acceptors (Lipinski definition) is 6. The number of rotatable bonds is 10. The highest BCUT2D eigenvalue weighted by Crippen LogP contribution is 2.45. The van der Waals surface area contributed by atoms with Crippen molar-refractivity contribution in [3.63, 3.8) is 0 Å². The summed E-state index contributed by atoms with van der Waals surface area (Å²) in [4.78, 5) is 47.4. The number of hydrogen-bond donors (Lipinski definition) is 5. The largest absolute Gasteiger partial charge is 0.507 e. The Morgan fingerprint density at radius 3 is 2.25 bits per heavy atom. The first-order valence-electron chi connectivity index (χ1n) is 15.6. The van der Waals surface area contributed by atoms with Gasteiger partial charge in [-0.25, -0.2) is 0 Å². The van der Waals surface area contributed by atoms with E-state index >= 15 is 0 Å². The highest BCUT2D eigenvalue weighted by molar-refractivity contribution is 8.76. The number of fused-ring (bicyclic) bond motifs is 5. The zero-order valence-electron chi connectivity index (χ0n) is 25.9. The number of benzene rings is 4. The van der Waals surface area contributed by atoms with Gasteiger partial charge in [0.1, 0.15) is 17.1 Å². The first-order chi connectivity index (χ1) is 23.3. The summed E-state index contributed by atoms with van der Waals surface area (Å²) < 4.78 is 0. The van der Waals surface area contributed by atoms with Crippen LogP contribution in [0.5, 0.6) is 5.75 Å². The summed E-state index contributed by atoms with van der Waals surface area (Å²) >= 11 is 6.37. The number of phenolic OH excluding ortho intramolecular Hbond substituents is 1. The van der Waals surface area contributed by atoms with Crippen molar-refractivity contribution in [3.05, 3.63) is 95.8 Å². The summed E-state index contributed by atoms with van der Waals surface area (Å²) in [5.41, 5.74) is 5.15. The van der Waals surface area contributed by atoms with Crippen LogP contribution < -0.4 is 15.5 Å². The highest BCUT2D eigenvalue weighted by atomic mass is 35.5. The van der Waals surface area contributed by atoms with Crippen LogP contribution in [0.1, 0.15) is 45.8 Å². The molecule has 0 radical (unpaired) electrons. The molecule has 12 heteroatoms. The Balaban J connectivity index is 1.06. The first kappa shape index (κ1) is 32.0. The van der Waals surface area contributed by atoms with E-state index in [0.717, 1.165) is 49.6 Å². The number of phenols is 1. The molecule has 0 saturated carbocycles. The summed E-state index contributed by atoms with van der Waals surface area (Å²) in [5, 5.41) is 19.8. The van der Waals surface area contributed by atoms with Gasteiger partial charge in [0, 0.05) is 80.9 Å². The lowest BCUT2D eigenvalue weighted by molar-refractivity contribution is -0.115. The normalized spacial score (nSPS) is 14.1. The number of amides is 3. The fourth-order valence-corrected chi connectivity index (χ4v) is 8.16. The van der Waals surface area contributed by atoms with Crippen molar-refractivity contribution >= 4 is 101 Å². The Morgan fingerprint density at radius 2 is 1.54 bits per heavy atom. The van der Waals surface area contributed by atoms with Gasteiger partial charge in [0.25, 0.3) is 11.8 Å². The van der Waals surface area contributed by atoms with E-state index in [1.165, 1.54) is 0 Å². The quantitative estimate of drug-likeness (QED) is 0.0555. The Labute approximate surface area is 289 Å². The maximum Gasteiger partial charge on any atom is 0.274 e. The third-order valence-corrected chi connectivity index (χ3v) is 11.3. The van der Waals surface area contributed by atoms with E-state index in [4.69, 9.17) is 11.6 Å². The number of aromatic nitrogens is 2. The minimum Gasteiger partial charge on any atom is -0.507 e. The van der Waals surface area contributed by atoms with E-state index in [2.05, 4.69) is 27.5 Å². The number of aromatic hydroxyl groups is 1. The summed E-state index contributed by atoms with van der Waals surface area (Å²) in [6, 6.07) is 23.7. The minimum atomic E-state index is -0.318. The van der Waals surface area contributed by atoms with Gasteiger partial charge in [-0.05, 0) is 59.5 Å². The molecule has 0 spiro atoms. The first-order valence-corrected chi connectivity index (χ1v) is 18.6. The molecule has 244 valence electrons. The molecule has 9 nitrogen and oxygen atoms in total. The molecule has 48 heavy (non-hydrogen) atoms. The number of carbonyl (C=O) groups excluding carboxylic acids is 3. The number of anilines is 3. The molecule has 0 aliphatic carbocycles. The third-order valence-electron chi connectivity index (χ3n) is 8.45. The second kappa shape index (κ2) is 13.5.